The smallest absolute Gasteiger partial charge is 0.267 e. The molecule has 0 spiro atoms. The summed E-state index contributed by atoms with van der Waals surface area (Å²) in [6, 6.07) is 14.4. The molecule has 0 bridgehead atoms. The fourth-order valence-electron chi connectivity index (χ4n) is 3.81. The maximum atomic E-state index is 13.2. The summed E-state index contributed by atoms with van der Waals surface area (Å²) in [5.41, 5.74) is 0.981. The lowest BCUT2D eigenvalue weighted by Gasteiger charge is -2.20. The Morgan fingerprint density at radius 2 is 1.56 bits per heavy atom. The van der Waals surface area contributed by atoms with Crippen molar-refractivity contribution in [3.8, 4) is 11.3 Å². The number of carbonyl (C=O) groups is 1. The second-order valence-electron chi connectivity index (χ2n) is 8.11. The van der Waals surface area contributed by atoms with Crippen LogP contribution in [0.2, 0.25) is 0 Å². The third-order valence-electron chi connectivity index (χ3n) is 5.64. The van der Waals surface area contributed by atoms with Gasteiger partial charge in [0.15, 0.2) is 0 Å². The summed E-state index contributed by atoms with van der Waals surface area (Å²) in [4.78, 5) is 24.8. The normalized spacial score (nSPS) is 15.0. The van der Waals surface area contributed by atoms with E-state index < -0.39 is 21.5 Å². The molecule has 0 radical (unpaired) electrons. The molecule has 0 unspecified atom stereocenters. The van der Waals surface area contributed by atoms with Crippen LogP contribution in [0.4, 0.5) is 10.1 Å². The van der Waals surface area contributed by atoms with Gasteiger partial charge in [-0.3, -0.25) is 9.59 Å². The van der Waals surface area contributed by atoms with E-state index in [1.807, 2.05) is 0 Å². The van der Waals surface area contributed by atoms with Crippen LogP contribution in [0.1, 0.15) is 25.7 Å². The van der Waals surface area contributed by atoms with E-state index in [9.17, 15) is 22.4 Å². The summed E-state index contributed by atoms with van der Waals surface area (Å²) in [5, 5.41) is 6.85. The minimum absolute atomic E-state index is 0.178. The molecule has 10 heteroatoms. The molecule has 2 heterocycles. The molecule has 3 aromatic rings. The first-order chi connectivity index (χ1) is 16.3. The van der Waals surface area contributed by atoms with Crippen molar-refractivity contribution in [2.75, 3.05) is 18.4 Å². The van der Waals surface area contributed by atoms with Gasteiger partial charge in [0.25, 0.3) is 5.56 Å². The maximum absolute atomic E-state index is 13.2. The van der Waals surface area contributed by atoms with Crippen molar-refractivity contribution in [1.82, 2.24) is 14.1 Å². The lowest BCUT2D eigenvalue weighted by atomic mass is 10.1. The SMILES string of the molecule is O=C(Cn1nc(-c2ccc(F)cc2)ccc1=O)Nc1ccc(S(=O)(=O)N2CCCCCC2)cc1. The van der Waals surface area contributed by atoms with Gasteiger partial charge in [-0.1, -0.05) is 12.8 Å². The fourth-order valence-corrected chi connectivity index (χ4v) is 5.33. The quantitative estimate of drug-likeness (QED) is 0.579. The van der Waals surface area contributed by atoms with Crippen molar-refractivity contribution in [1.29, 1.82) is 0 Å². The highest BCUT2D eigenvalue weighted by atomic mass is 32.2. The zero-order valence-corrected chi connectivity index (χ0v) is 19.3. The Morgan fingerprint density at radius 3 is 2.21 bits per heavy atom. The highest BCUT2D eigenvalue weighted by molar-refractivity contribution is 7.89. The third kappa shape index (κ3) is 5.57. The lowest BCUT2D eigenvalue weighted by Crippen LogP contribution is -2.32. The Labute approximate surface area is 197 Å². The molecular weight excluding hydrogens is 459 g/mol. The molecule has 178 valence electrons. The van der Waals surface area contributed by atoms with Gasteiger partial charge in [0.05, 0.1) is 10.6 Å². The largest absolute Gasteiger partial charge is 0.324 e. The van der Waals surface area contributed by atoms with Gasteiger partial charge < -0.3 is 5.32 Å². The number of benzene rings is 2. The zero-order chi connectivity index (χ0) is 24.1. The van der Waals surface area contributed by atoms with E-state index >= 15 is 0 Å². The minimum atomic E-state index is -3.58. The van der Waals surface area contributed by atoms with Crippen LogP contribution in [-0.4, -0.2) is 41.5 Å². The number of nitrogens with zero attached hydrogens (tertiary/aromatic N) is 3. The van der Waals surface area contributed by atoms with E-state index in [1.165, 1.54) is 65.0 Å². The first-order valence-electron chi connectivity index (χ1n) is 11.1. The van der Waals surface area contributed by atoms with Crippen LogP contribution in [0.25, 0.3) is 11.3 Å². The van der Waals surface area contributed by atoms with Crippen LogP contribution in [0.5, 0.6) is 0 Å². The number of anilines is 1. The van der Waals surface area contributed by atoms with Gasteiger partial charge in [-0.05, 0) is 67.4 Å². The second kappa shape index (κ2) is 10.3. The molecule has 1 saturated heterocycles. The Balaban J connectivity index is 1.44. The Hall–Kier alpha value is -3.37. The summed E-state index contributed by atoms with van der Waals surface area (Å²) in [7, 11) is -3.58. The molecule has 1 aromatic heterocycles. The van der Waals surface area contributed by atoms with Gasteiger partial charge in [-0.15, -0.1) is 0 Å². The van der Waals surface area contributed by atoms with Gasteiger partial charge in [-0.2, -0.15) is 9.40 Å². The van der Waals surface area contributed by atoms with Crippen LogP contribution in [0.3, 0.4) is 0 Å². The Bertz CT molecular complexity index is 1310. The van der Waals surface area contributed by atoms with E-state index in [-0.39, 0.29) is 17.3 Å². The highest BCUT2D eigenvalue weighted by Crippen LogP contribution is 2.22. The molecular formula is C24H25FN4O4S. The number of nitrogens with one attached hydrogen (secondary N) is 1. The topological polar surface area (TPSA) is 101 Å². The predicted molar refractivity (Wildman–Crippen MR) is 126 cm³/mol. The van der Waals surface area contributed by atoms with E-state index in [0.717, 1.165) is 30.4 Å². The highest BCUT2D eigenvalue weighted by Gasteiger charge is 2.25. The first kappa shape index (κ1) is 23.8. The van der Waals surface area contributed by atoms with Crippen molar-refractivity contribution in [2.45, 2.75) is 37.1 Å². The zero-order valence-electron chi connectivity index (χ0n) is 18.5. The van der Waals surface area contributed by atoms with E-state index in [4.69, 9.17) is 0 Å². The second-order valence-corrected chi connectivity index (χ2v) is 10.1. The molecule has 1 aliphatic heterocycles. The average Bonchev–Trinajstić information content (AvgIpc) is 3.12. The number of sulfonamides is 1. The van der Waals surface area contributed by atoms with Gasteiger partial charge in [0, 0.05) is 30.4 Å². The summed E-state index contributed by atoms with van der Waals surface area (Å²) >= 11 is 0. The number of hydrogen-bond acceptors (Lipinski definition) is 5. The van der Waals surface area contributed by atoms with Crippen molar-refractivity contribution in [2.24, 2.45) is 0 Å². The summed E-state index contributed by atoms with van der Waals surface area (Å²) < 4.78 is 41.5. The Morgan fingerprint density at radius 1 is 0.912 bits per heavy atom. The summed E-state index contributed by atoms with van der Waals surface area (Å²) in [5.74, 6) is -0.879. The lowest BCUT2D eigenvalue weighted by molar-refractivity contribution is -0.117. The standard InChI is InChI=1S/C24H25FN4O4S/c25-19-7-5-18(6-8-19)22-13-14-24(31)29(27-22)17-23(30)26-20-9-11-21(12-10-20)34(32,33)28-15-3-1-2-4-16-28/h5-14H,1-4,15-17H2,(H,26,30). The maximum Gasteiger partial charge on any atom is 0.267 e. The van der Waals surface area contributed by atoms with Crippen molar-refractivity contribution < 1.29 is 17.6 Å². The van der Waals surface area contributed by atoms with Gasteiger partial charge >= 0.3 is 0 Å². The molecule has 1 aliphatic rings. The number of rotatable bonds is 6. The van der Waals surface area contributed by atoms with Crippen LogP contribution >= 0.6 is 0 Å². The van der Waals surface area contributed by atoms with E-state index in [2.05, 4.69) is 10.4 Å². The van der Waals surface area contributed by atoms with Crippen molar-refractivity contribution in [3.05, 3.63) is 76.8 Å². The van der Waals surface area contributed by atoms with Crippen LogP contribution in [0, 0.1) is 5.82 Å². The summed E-state index contributed by atoms with van der Waals surface area (Å²) in [6.45, 7) is 0.695. The molecule has 0 atom stereocenters. The van der Waals surface area contributed by atoms with Crippen molar-refractivity contribution >= 4 is 21.6 Å². The van der Waals surface area contributed by atoms with Crippen molar-refractivity contribution in [3.63, 3.8) is 0 Å². The van der Waals surface area contributed by atoms with Gasteiger partial charge in [0.2, 0.25) is 15.9 Å². The number of amides is 1. The minimum Gasteiger partial charge on any atom is -0.324 e. The van der Waals surface area contributed by atoms with E-state index in [0.29, 0.717) is 30.0 Å². The predicted octanol–water partition coefficient (Wildman–Crippen LogP) is 3.25. The monoisotopic (exact) mass is 484 g/mol. The molecule has 34 heavy (non-hydrogen) atoms. The molecule has 1 fully saturated rings. The molecule has 2 aromatic carbocycles. The molecule has 0 saturated carbocycles. The number of hydrogen-bond donors (Lipinski definition) is 1. The average molecular weight is 485 g/mol. The molecule has 1 N–H and O–H groups in total. The number of aromatic nitrogens is 2. The van der Waals surface area contributed by atoms with Crippen LogP contribution in [0.15, 0.2) is 70.4 Å². The Kier molecular flexibility index (Phi) is 7.18. The third-order valence-corrected chi connectivity index (χ3v) is 7.55. The fraction of sp³-hybridized carbons (Fsp3) is 0.292. The van der Waals surface area contributed by atoms with Crippen LogP contribution < -0.4 is 10.9 Å². The molecule has 0 aliphatic carbocycles. The molecule has 8 nitrogen and oxygen atoms in total. The molecule has 1 amide bonds. The number of carbonyl (C=O) groups excluding carboxylic acids is 1. The summed E-state index contributed by atoms with van der Waals surface area (Å²) in [6.07, 6.45) is 3.76. The molecule has 4 rings (SSSR count). The first-order valence-corrected chi connectivity index (χ1v) is 12.5. The van der Waals surface area contributed by atoms with Gasteiger partial charge in [0.1, 0.15) is 12.4 Å². The van der Waals surface area contributed by atoms with Crippen LogP contribution in [-0.2, 0) is 21.4 Å². The number of halogens is 1. The van der Waals surface area contributed by atoms with Gasteiger partial charge in [-0.25, -0.2) is 17.5 Å². The van der Waals surface area contributed by atoms with E-state index in [1.54, 1.807) is 0 Å².